The molecule has 1 aliphatic rings. The Bertz CT molecular complexity index is 453. The quantitative estimate of drug-likeness (QED) is 0.772. The molecule has 0 aromatic heterocycles. The zero-order valence-electron chi connectivity index (χ0n) is 8.08. The summed E-state index contributed by atoms with van der Waals surface area (Å²) in [4.78, 5) is 12.5. The fourth-order valence-electron chi connectivity index (χ4n) is 1.63. The summed E-state index contributed by atoms with van der Waals surface area (Å²) in [5.41, 5.74) is -0.146. The molecule has 1 unspecified atom stereocenters. The first-order valence-electron chi connectivity index (χ1n) is 4.61. The van der Waals surface area contributed by atoms with Crippen LogP contribution in [0.4, 0.5) is 14.5 Å². The number of carbonyl (C=O) groups excluding carboxylic acids is 1. The van der Waals surface area contributed by atoms with E-state index in [0.29, 0.717) is 6.07 Å². The summed E-state index contributed by atoms with van der Waals surface area (Å²) in [6.07, 6.45) is 0.110. The van der Waals surface area contributed by atoms with E-state index in [1.54, 1.807) is 0 Å². The number of alkyl halides is 1. The number of halogens is 3. The van der Waals surface area contributed by atoms with Crippen LogP contribution in [0.15, 0.2) is 12.1 Å². The molecule has 0 bridgehead atoms. The number of nitrogens with zero attached hydrogens (tertiary/aromatic N) is 1. The lowest BCUT2D eigenvalue weighted by atomic mass is 10.2. The summed E-state index contributed by atoms with van der Waals surface area (Å²) in [5, 5.41) is 8.73. The van der Waals surface area contributed by atoms with Crippen molar-refractivity contribution < 1.29 is 18.7 Å². The van der Waals surface area contributed by atoms with Crippen molar-refractivity contribution in [3.8, 4) is 5.75 Å². The SMILES string of the molecule is O=C1CC(Cl)CN1c1cc(O)c(F)cc1F. The number of rotatable bonds is 1. The van der Waals surface area contributed by atoms with Gasteiger partial charge in [0.2, 0.25) is 5.91 Å². The molecule has 1 atom stereocenters. The topological polar surface area (TPSA) is 40.5 Å². The molecule has 16 heavy (non-hydrogen) atoms. The Morgan fingerprint density at radius 1 is 1.38 bits per heavy atom. The van der Waals surface area contributed by atoms with Gasteiger partial charge in [0, 0.05) is 25.1 Å². The molecular weight excluding hydrogens is 240 g/mol. The highest BCUT2D eigenvalue weighted by molar-refractivity contribution is 6.24. The van der Waals surface area contributed by atoms with Crippen LogP contribution >= 0.6 is 11.6 Å². The van der Waals surface area contributed by atoms with Gasteiger partial charge < -0.3 is 10.0 Å². The molecule has 1 amide bonds. The standard InChI is InChI=1S/C10H8ClF2NO2/c11-5-1-10(16)14(4-5)8-3-9(15)7(13)2-6(8)12/h2-3,5,15H,1,4H2. The van der Waals surface area contributed by atoms with Crippen LogP contribution in [0.2, 0.25) is 0 Å². The van der Waals surface area contributed by atoms with Crippen LogP contribution in [0.25, 0.3) is 0 Å². The third kappa shape index (κ3) is 1.82. The molecular formula is C10H8ClF2NO2. The third-order valence-electron chi connectivity index (χ3n) is 2.38. The van der Waals surface area contributed by atoms with Gasteiger partial charge >= 0.3 is 0 Å². The van der Waals surface area contributed by atoms with Crippen LogP contribution in [0.1, 0.15) is 6.42 Å². The van der Waals surface area contributed by atoms with Gasteiger partial charge in [-0.25, -0.2) is 8.78 Å². The first-order chi connectivity index (χ1) is 7.49. The Hall–Kier alpha value is -1.36. The normalized spacial score (nSPS) is 20.6. The highest BCUT2D eigenvalue weighted by Crippen LogP contribution is 2.31. The van der Waals surface area contributed by atoms with Crippen molar-refractivity contribution >= 4 is 23.2 Å². The van der Waals surface area contributed by atoms with E-state index in [1.807, 2.05) is 0 Å². The lowest BCUT2D eigenvalue weighted by Gasteiger charge is -2.16. The van der Waals surface area contributed by atoms with Gasteiger partial charge in [-0.15, -0.1) is 11.6 Å². The molecule has 1 N–H and O–H groups in total. The van der Waals surface area contributed by atoms with Crippen LogP contribution in [0, 0.1) is 11.6 Å². The van der Waals surface area contributed by atoms with E-state index in [-0.39, 0.29) is 29.9 Å². The lowest BCUT2D eigenvalue weighted by Crippen LogP contribution is -2.25. The minimum absolute atomic E-state index is 0.110. The van der Waals surface area contributed by atoms with Crippen LogP contribution in [0.5, 0.6) is 5.75 Å². The van der Waals surface area contributed by atoms with Gasteiger partial charge in [-0.3, -0.25) is 4.79 Å². The third-order valence-corrected chi connectivity index (χ3v) is 2.68. The van der Waals surface area contributed by atoms with Gasteiger partial charge in [0.25, 0.3) is 0 Å². The second kappa shape index (κ2) is 3.90. The molecule has 1 heterocycles. The minimum atomic E-state index is -1.06. The second-order valence-corrected chi connectivity index (χ2v) is 4.18. The summed E-state index contributed by atoms with van der Waals surface area (Å²) in [5.74, 6) is -2.99. The number of carbonyl (C=O) groups is 1. The number of hydrogen-bond donors (Lipinski definition) is 1. The first-order valence-corrected chi connectivity index (χ1v) is 5.05. The van der Waals surface area contributed by atoms with Crippen molar-refractivity contribution in [3.05, 3.63) is 23.8 Å². The van der Waals surface area contributed by atoms with E-state index < -0.39 is 17.4 Å². The van der Waals surface area contributed by atoms with Gasteiger partial charge in [-0.1, -0.05) is 0 Å². The maximum Gasteiger partial charge on any atom is 0.228 e. The number of aromatic hydroxyl groups is 1. The molecule has 3 nitrogen and oxygen atoms in total. The van der Waals surface area contributed by atoms with Crippen molar-refractivity contribution in [1.82, 2.24) is 0 Å². The van der Waals surface area contributed by atoms with Crippen LogP contribution < -0.4 is 4.90 Å². The lowest BCUT2D eigenvalue weighted by molar-refractivity contribution is -0.117. The number of benzene rings is 1. The van der Waals surface area contributed by atoms with Crippen molar-refractivity contribution in [2.45, 2.75) is 11.8 Å². The average Bonchev–Trinajstić information content (AvgIpc) is 2.51. The van der Waals surface area contributed by atoms with Crippen molar-refractivity contribution in [3.63, 3.8) is 0 Å². The molecule has 1 aromatic rings. The maximum absolute atomic E-state index is 13.4. The van der Waals surface area contributed by atoms with E-state index in [9.17, 15) is 13.6 Å². The zero-order chi connectivity index (χ0) is 11.9. The number of hydrogen-bond acceptors (Lipinski definition) is 2. The molecule has 0 saturated carbocycles. The molecule has 2 rings (SSSR count). The summed E-state index contributed by atoms with van der Waals surface area (Å²) in [6.45, 7) is 0.155. The van der Waals surface area contributed by atoms with Crippen LogP contribution in [-0.4, -0.2) is 22.9 Å². The number of anilines is 1. The monoisotopic (exact) mass is 247 g/mol. The van der Waals surface area contributed by atoms with E-state index in [4.69, 9.17) is 16.7 Å². The summed E-state index contributed by atoms with van der Waals surface area (Å²) in [6, 6.07) is 1.43. The molecule has 0 spiro atoms. The molecule has 1 fully saturated rings. The maximum atomic E-state index is 13.4. The smallest absolute Gasteiger partial charge is 0.228 e. The fourth-order valence-corrected chi connectivity index (χ4v) is 1.90. The van der Waals surface area contributed by atoms with Crippen LogP contribution in [-0.2, 0) is 4.79 Å². The molecule has 0 aliphatic carbocycles. The highest BCUT2D eigenvalue weighted by atomic mass is 35.5. The molecule has 6 heteroatoms. The van der Waals surface area contributed by atoms with Gasteiger partial charge in [-0.05, 0) is 0 Å². The number of phenols is 1. The Morgan fingerprint density at radius 3 is 2.62 bits per heavy atom. The van der Waals surface area contributed by atoms with Gasteiger partial charge in [0.1, 0.15) is 5.82 Å². The van der Waals surface area contributed by atoms with Crippen molar-refractivity contribution in [2.24, 2.45) is 0 Å². The average molecular weight is 248 g/mol. The Labute approximate surface area is 95.2 Å². The Balaban J connectivity index is 2.41. The van der Waals surface area contributed by atoms with E-state index in [1.165, 1.54) is 0 Å². The van der Waals surface area contributed by atoms with E-state index >= 15 is 0 Å². The summed E-state index contributed by atoms with van der Waals surface area (Å²) in [7, 11) is 0. The first kappa shape index (κ1) is 11.1. The largest absolute Gasteiger partial charge is 0.505 e. The van der Waals surface area contributed by atoms with Crippen molar-refractivity contribution in [1.29, 1.82) is 0 Å². The van der Waals surface area contributed by atoms with Crippen molar-refractivity contribution in [2.75, 3.05) is 11.4 Å². The number of phenolic OH excluding ortho intramolecular Hbond substituents is 1. The predicted octanol–water partition coefficient (Wildman–Crippen LogP) is 2.01. The van der Waals surface area contributed by atoms with E-state index in [2.05, 4.69) is 0 Å². The Morgan fingerprint density at radius 2 is 2.06 bits per heavy atom. The Kier molecular flexibility index (Phi) is 2.71. The highest BCUT2D eigenvalue weighted by Gasteiger charge is 2.31. The summed E-state index contributed by atoms with van der Waals surface area (Å²) >= 11 is 5.75. The molecule has 0 radical (unpaired) electrons. The molecule has 1 saturated heterocycles. The molecule has 86 valence electrons. The molecule has 1 aromatic carbocycles. The predicted molar refractivity (Wildman–Crippen MR) is 54.6 cm³/mol. The van der Waals surface area contributed by atoms with Gasteiger partial charge in [0.15, 0.2) is 11.6 Å². The van der Waals surface area contributed by atoms with Crippen LogP contribution in [0.3, 0.4) is 0 Å². The fraction of sp³-hybridized carbons (Fsp3) is 0.300. The molecule has 1 aliphatic heterocycles. The minimum Gasteiger partial charge on any atom is -0.505 e. The van der Waals surface area contributed by atoms with Gasteiger partial charge in [-0.2, -0.15) is 0 Å². The number of amides is 1. The zero-order valence-corrected chi connectivity index (χ0v) is 8.84. The summed E-state index contributed by atoms with van der Waals surface area (Å²) < 4.78 is 26.2. The van der Waals surface area contributed by atoms with Gasteiger partial charge in [0.05, 0.1) is 11.1 Å². The van der Waals surface area contributed by atoms with E-state index in [0.717, 1.165) is 11.0 Å². The second-order valence-electron chi connectivity index (χ2n) is 3.56.